The summed E-state index contributed by atoms with van der Waals surface area (Å²) in [5.74, 6) is -0.0770. The topological polar surface area (TPSA) is 46.5 Å². The van der Waals surface area contributed by atoms with Crippen LogP contribution >= 0.6 is 0 Å². The molecular weight excluding hydrogens is 456 g/mol. The average Bonchev–Trinajstić information content (AvgIpc) is 2.90. The predicted molar refractivity (Wildman–Crippen MR) is 160 cm³/mol. The number of rotatable bonds is 26. The molecule has 0 unspecified atom stereocenters. The van der Waals surface area contributed by atoms with E-state index in [1.165, 1.54) is 141 Å². The highest BCUT2D eigenvalue weighted by Crippen LogP contribution is 2.15. The molecule has 1 rings (SSSR count). The molecule has 0 aliphatic carbocycles. The van der Waals surface area contributed by atoms with Gasteiger partial charge in [0.1, 0.15) is 5.75 Å². The number of benzene rings is 1. The zero-order chi connectivity index (χ0) is 26.7. The van der Waals surface area contributed by atoms with Crippen LogP contribution in [0.1, 0.15) is 160 Å². The summed E-state index contributed by atoms with van der Waals surface area (Å²) >= 11 is 0. The second kappa shape index (κ2) is 25.9. The summed E-state index contributed by atoms with van der Waals surface area (Å²) in [6.07, 6.45) is 34.9. The van der Waals surface area contributed by atoms with Gasteiger partial charge in [-0.25, -0.2) is 4.79 Å². The molecule has 0 radical (unpaired) electrons. The van der Waals surface area contributed by atoms with Gasteiger partial charge < -0.3 is 9.84 Å². The third-order valence-electron chi connectivity index (χ3n) is 7.30. The Morgan fingerprint density at radius 2 is 0.946 bits per heavy atom. The minimum atomic E-state index is -0.299. The summed E-state index contributed by atoms with van der Waals surface area (Å²) in [6, 6.07) is 6.73. The summed E-state index contributed by atoms with van der Waals surface area (Å²) in [7, 11) is 0. The lowest BCUT2D eigenvalue weighted by Gasteiger charge is -2.04. The van der Waals surface area contributed by atoms with Gasteiger partial charge in [-0.1, -0.05) is 160 Å². The Hall–Kier alpha value is -1.77. The first-order valence-corrected chi connectivity index (χ1v) is 15.9. The molecule has 0 saturated carbocycles. The van der Waals surface area contributed by atoms with E-state index < -0.39 is 0 Å². The van der Waals surface area contributed by atoms with Gasteiger partial charge in [0.25, 0.3) is 0 Å². The van der Waals surface area contributed by atoms with Crippen molar-refractivity contribution >= 4 is 12.0 Å². The Bertz CT molecular complexity index is 650. The Morgan fingerprint density at radius 1 is 0.595 bits per heavy atom. The maximum atomic E-state index is 11.7. The minimum absolute atomic E-state index is 0.222. The van der Waals surface area contributed by atoms with Crippen molar-refractivity contribution in [2.75, 3.05) is 6.61 Å². The summed E-state index contributed by atoms with van der Waals surface area (Å²) in [5.41, 5.74) is 0.870. The van der Waals surface area contributed by atoms with Gasteiger partial charge in [-0.2, -0.15) is 0 Å². The lowest BCUT2D eigenvalue weighted by Crippen LogP contribution is -2.02. The lowest BCUT2D eigenvalue weighted by atomic mass is 10.0. The van der Waals surface area contributed by atoms with E-state index in [2.05, 4.69) is 6.92 Å². The fraction of sp³-hybridized carbons (Fsp3) is 0.735. The molecule has 37 heavy (non-hydrogen) atoms. The maximum absolute atomic E-state index is 11.7. The highest BCUT2D eigenvalue weighted by molar-refractivity contribution is 5.87. The molecule has 0 bridgehead atoms. The second-order valence-electron chi connectivity index (χ2n) is 10.9. The molecule has 0 spiro atoms. The Kier molecular flexibility index (Phi) is 23.2. The maximum Gasteiger partial charge on any atom is 0.330 e. The number of hydrogen-bond acceptors (Lipinski definition) is 3. The third-order valence-corrected chi connectivity index (χ3v) is 7.30. The van der Waals surface area contributed by atoms with Gasteiger partial charge in [-0.3, -0.25) is 0 Å². The number of ether oxygens (including phenoxy) is 1. The van der Waals surface area contributed by atoms with Crippen LogP contribution in [0.5, 0.6) is 5.75 Å². The fourth-order valence-electron chi connectivity index (χ4n) is 4.86. The Morgan fingerprint density at radius 3 is 1.32 bits per heavy atom. The first-order chi connectivity index (χ1) is 18.2. The number of phenolic OH excluding ortho intramolecular Hbond substituents is 1. The first-order valence-electron chi connectivity index (χ1n) is 15.9. The molecule has 0 atom stereocenters. The van der Waals surface area contributed by atoms with Crippen LogP contribution in [0.4, 0.5) is 0 Å². The molecule has 0 aliphatic heterocycles. The summed E-state index contributed by atoms with van der Waals surface area (Å²) in [6.45, 7) is 2.79. The van der Waals surface area contributed by atoms with E-state index in [1.807, 2.05) is 0 Å². The van der Waals surface area contributed by atoms with Gasteiger partial charge in [0.15, 0.2) is 0 Å². The van der Waals surface area contributed by atoms with E-state index >= 15 is 0 Å². The molecule has 0 saturated heterocycles. The van der Waals surface area contributed by atoms with E-state index in [1.54, 1.807) is 30.3 Å². The van der Waals surface area contributed by atoms with Crippen molar-refractivity contribution in [3.63, 3.8) is 0 Å². The van der Waals surface area contributed by atoms with Crippen LogP contribution in [-0.4, -0.2) is 17.7 Å². The van der Waals surface area contributed by atoms with Crippen molar-refractivity contribution in [1.82, 2.24) is 0 Å². The smallest absolute Gasteiger partial charge is 0.330 e. The Labute approximate surface area is 229 Å². The monoisotopic (exact) mass is 514 g/mol. The van der Waals surface area contributed by atoms with Crippen molar-refractivity contribution in [3.05, 3.63) is 35.9 Å². The highest BCUT2D eigenvalue weighted by atomic mass is 16.5. The van der Waals surface area contributed by atoms with Gasteiger partial charge in [0, 0.05) is 6.08 Å². The number of carbonyl (C=O) groups excluding carboxylic acids is 1. The molecule has 1 N–H and O–H groups in total. The van der Waals surface area contributed by atoms with E-state index in [9.17, 15) is 9.90 Å². The quantitative estimate of drug-likeness (QED) is 0.0759. The van der Waals surface area contributed by atoms with Crippen LogP contribution < -0.4 is 0 Å². The molecule has 0 amide bonds. The molecule has 0 aliphatic rings. The van der Waals surface area contributed by atoms with Crippen LogP contribution in [0.2, 0.25) is 0 Å². The van der Waals surface area contributed by atoms with Gasteiger partial charge in [-0.15, -0.1) is 0 Å². The molecule has 1 aromatic rings. The second-order valence-corrected chi connectivity index (χ2v) is 10.9. The van der Waals surface area contributed by atoms with Crippen molar-refractivity contribution in [1.29, 1.82) is 0 Å². The van der Waals surface area contributed by atoms with E-state index in [0.29, 0.717) is 6.61 Å². The van der Waals surface area contributed by atoms with Crippen LogP contribution in [0.3, 0.4) is 0 Å². The van der Waals surface area contributed by atoms with Crippen molar-refractivity contribution in [2.24, 2.45) is 0 Å². The SMILES string of the molecule is CCCCCCCCCCCCCCCCCCCCCCCCCOC(=O)C=Cc1ccc(O)cc1. The van der Waals surface area contributed by atoms with Crippen LogP contribution in [-0.2, 0) is 9.53 Å². The van der Waals surface area contributed by atoms with Gasteiger partial charge in [0.05, 0.1) is 6.61 Å². The van der Waals surface area contributed by atoms with Crippen molar-refractivity contribution in [3.8, 4) is 5.75 Å². The number of unbranched alkanes of at least 4 members (excludes halogenated alkanes) is 22. The molecule has 3 heteroatoms. The van der Waals surface area contributed by atoms with Crippen molar-refractivity contribution in [2.45, 2.75) is 155 Å². The summed E-state index contributed by atoms with van der Waals surface area (Å²) < 4.78 is 5.26. The molecule has 3 nitrogen and oxygen atoms in total. The molecule has 212 valence electrons. The Balaban J connectivity index is 1.72. The van der Waals surface area contributed by atoms with Gasteiger partial charge in [-0.05, 0) is 30.2 Å². The molecule has 0 aromatic heterocycles. The number of aromatic hydroxyl groups is 1. The van der Waals surface area contributed by atoms with E-state index in [0.717, 1.165) is 18.4 Å². The standard InChI is InChI=1S/C34H58O3/c1-2-3-4-5-6-7-8-9-10-11-12-13-14-15-16-17-18-19-20-21-22-23-24-31-37-34(36)30-27-32-25-28-33(35)29-26-32/h25-30,35H,2-24,31H2,1H3. The van der Waals surface area contributed by atoms with Crippen LogP contribution in [0, 0.1) is 0 Å². The number of phenols is 1. The highest BCUT2D eigenvalue weighted by Gasteiger charge is 1.99. The van der Waals surface area contributed by atoms with E-state index in [-0.39, 0.29) is 11.7 Å². The summed E-state index contributed by atoms with van der Waals surface area (Å²) in [4.78, 5) is 11.7. The molecule has 0 heterocycles. The first kappa shape index (κ1) is 33.3. The number of hydrogen-bond donors (Lipinski definition) is 1. The minimum Gasteiger partial charge on any atom is -0.508 e. The van der Waals surface area contributed by atoms with Crippen LogP contribution in [0.25, 0.3) is 6.08 Å². The molecule has 1 aromatic carbocycles. The lowest BCUT2D eigenvalue weighted by molar-refractivity contribution is -0.137. The van der Waals surface area contributed by atoms with Gasteiger partial charge in [0.2, 0.25) is 0 Å². The molecule has 0 fully saturated rings. The van der Waals surface area contributed by atoms with Gasteiger partial charge >= 0.3 is 5.97 Å². The van der Waals surface area contributed by atoms with Crippen molar-refractivity contribution < 1.29 is 14.6 Å². The largest absolute Gasteiger partial charge is 0.508 e. The zero-order valence-electron chi connectivity index (χ0n) is 24.2. The van der Waals surface area contributed by atoms with Crippen LogP contribution in [0.15, 0.2) is 30.3 Å². The fourth-order valence-corrected chi connectivity index (χ4v) is 4.86. The third kappa shape index (κ3) is 23.1. The predicted octanol–water partition coefficient (Wildman–Crippen LogP) is 10.9. The summed E-state index contributed by atoms with van der Waals surface area (Å²) in [5, 5.41) is 9.27. The number of esters is 1. The van der Waals surface area contributed by atoms with E-state index in [4.69, 9.17) is 4.74 Å². The normalized spacial score (nSPS) is 11.4. The number of carbonyl (C=O) groups is 1. The zero-order valence-corrected chi connectivity index (χ0v) is 24.2. The average molecular weight is 515 g/mol. The molecular formula is C34H58O3.